The third-order valence-corrected chi connectivity index (χ3v) is 2.51. The van der Waals surface area contributed by atoms with Crippen LogP contribution < -0.4 is 15.8 Å². The van der Waals surface area contributed by atoms with Crippen molar-refractivity contribution >= 4 is 23.5 Å². The lowest BCUT2D eigenvalue weighted by molar-refractivity contribution is -0.125. The highest BCUT2D eigenvalue weighted by atomic mass is 35.5. The molecule has 3 amide bonds. The fourth-order valence-corrected chi connectivity index (χ4v) is 1.46. The van der Waals surface area contributed by atoms with Crippen LogP contribution in [0, 0.1) is 0 Å². The average Bonchev–Trinajstić information content (AvgIpc) is 2.37. The molecule has 0 bridgehead atoms. The molecule has 0 aliphatic rings. The molecule has 3 N–H and O–H groups in total. The number of nitrogens with one attached hydrogen (secondary N) is 1. The van der Waals surface area contributed by atoms with Crippen molar-refractivity contribution in [3.05, 3.63) is 29.3 Å². The number of nitrogens with zero attached hydrogens (tertiary/aromatic N) is 1. The Morgan fingerprint density at radius 1 is 1.37 bits per heavy atom. The van der Waals surface area contributed by atoms with Gasteiger partial charge in [0.25, 0.3) is 0 Å². The lowest BCUT2D eigenvalue weighted by atomic mass is 10.3. The van der Waals surface area contributed by atoms with Crippen LogP contribution in [-0.2, 0) is 4.79 Å². The molecular formula is C12H16ClN3O3. The molecule has 1 rings (SSSR count). The summed E-state index contributed by atoms with van der Waals surface area (Å²) >= 11 is 5.73. The number of nitrogens with two attached hydrogens (primary N) is 1. The summed E-state index contributed by atoms with van der Waals surface area (Å²) in [5.74, 6) is 0.201. The summed E-state index contributed by atoms with van der Waals surface area (Å²) < 4.78 is 5.28. The number of imide groups is 1. The number of urea groups is 1. The van der Waals surface area contributed by atoms with Gasteiger partial charge < -0.3 is 15.8 Å². The molecule has 0 saturated carbocycles. The second-order valence-electron chi connectivity index (χ2n) is 3.68. The van der Waals surface area contributed by atoms with Crippen LogP contribution in [-0.4, -0.2) is 36.7 Å². The Balaban J connectivity index is 2.41. The highest BCUT2D eigenvalue weighted by molar-refractivity contribution is 6.30. The van der Waals surface area contributed by atoms with Gasteiger partial charge >= 0.3 is 6.03 Å². The molecule has 6 nitrogen and oxygen atoms in total. The molecule has 1 aromatic rings. The van der Waals surface area contributed by atoms with Gasteiger partial charge in [-0.1, -0.05) is 11.6 Å². The molecule has 0 fully saturated rings. The van der Waals surface area contributed by atoms with Crippen molar-refractivity contribution < 1.29 is 14.3 Å². The van der Waals surface area contributed by atoms with E-state index in [1.165, 1.54) is 6.92 Å². The maximum atomic E-state index is 11.7. The van der Waals surface area contributed by atoms with Crippen molar-refractivity contribution in [1.29, 1.82) is 0 Å². The van der Waals surface area contributed by atoms with E-state index < -0.39 is 6.03 Å². The molecule has 0 aromatic heterocycles. The minimum Gasteiger partial charge on any atom is -0.473 e. The summed E-state index contributed by atoms with van der Waals surface area (Å²) in [6.07, 6.45) is 0. The summed E-state index contributed by atoms with van der Waals surface area (Å²) in [4.78, 5) is 23.9. The average molecular weight is 286 g/mol. The number of ether oxygens (including phenoxy) is 1. The number of benzene rings is 1. The van der Waals surface area contributed by atoms with Gasteiger partial charge in [0.05, 0.1) is 0 Å². The van der Waals surface area contributed by atoms with Crippen molar-refractivity contribution in [2.75, 3.05) is 19.8 Å². The summed E-state index contributed by atoms with van der Waals surface area (Å²) in [6.45, 7) is 1.64. The number of halogens is 1. The monoisotopic (exact) mass is 285 g/mol. The van der Waals surface area contributed by atoms with Crippen LogP contribution in [0.3, 0.4) is 0 Å². The maximum Gasteiger partial charge on any atom is 0.326 e. The van der Waals surface area contributed by atoms with Crippen molar-refractivity contribution in [2.24, 2.45) is 5.73 Å². The first kappa shape index (κ1) is 15.3. The number of amides is 3. The molecule has 0 aliphatic heterocycles. The van der Waals surface area contributed by atoms with Gasteiger partial charge in [0.15, 0.2) is 6.73 Å². The van der Waals surface area contributed by atoms with Crippen LogP contribution in [0.4, 0.5) is 4.79 Å². The highest BCUT2D eigenvalue weighted by Crippen LogP contribution is 2.14. The smallest absolute Gasteiger partial charge is 0.326 e. The molecule has 7 heteroatoms. The quantitative estimate of drug-likeness (QED) is 0.796. The zero-order valence-corrected chi connectivity index (χ0v) is 11.3. The highest BCUT2D eigenvalue weighted by Gasteiger charge is 2.16. The van der Waals surface area contributed by atoms with E-state index in [9.17, 15) is 9.59 Å². The van der Waals surface area contributed by atoms with Crippen molar-refractivity contribution in [3.63, 3.8) is 0 Å². The fraction of sp³-hybridized carbons (Fsp3) is 0.333. The molecule has 0 unspecified atom stereocenters. The SMILES string of the molecule is CC(=O)N(CCN)C(=O)NCOc1ccc(Cl)cc1. The van der Waals surface area contributed by atoms with Gasteiger partial charge in [-0.25, -0.2) is 4.79 Å². The predicted molar refractivity (Wildman–Crippen MR) is 71.9 cm³/mol. The van der Waals surface area contributed by atoms with Crippen molar-refractivity contribution in [2.45, 2.75) is 6.92 Å². The van der Waals surface area contributed by atoms with Gasteiger partial charge in [0, 0.05) is 25.0 Å². The third kappa shape index (κ3) is 5.15. The minimum atomic E-state index is -0.535. The Morgan fingerprint density at radius 2 is 2.00 bits per heavy atom. The van der Waals surface area contributed by atoms with Crippen LogP contribution in [0.2, 0.25) is 5.02 Å². The Kier molecular flexibility index (Phi) is 6.11. The van der Waals surface area contributed by atoms with Gasteiger partial charge in [-0.15, -0.1) is 0 Å². The van der Waals surface area contributed by atoms with Crippen LogP contribution >= 0.6 is 11.6 Å². The lowest BCUT2D eigenvalue weighted by Crippen LogP contribution is -2.46. The molecule has 0 heterocycles. The van der Waals surface area contributed by atoms with Gasteiger partial charge in [0.2, 0.25) is 5.91 Å². The molecule has 0 aliphatic carbocycles. The molecule has 0 atom stereocenters. The first-order valence-corrected chi connectivity index (χ1v) is 6.06. The minimum absolute atomic E-state index is 0.0468. The Bertz CT molecular complexity index is 436. The van der Waals surface area contributed by atoms with Crippen LogP contribution in [0.25, 0.3) is 0 Å². The second-order valence-corrected chi connectivity index (χ2v) is 4.12. The van der Waals surface area contributed by atoms with E-state index in [1.54, 1.807) is 24.3 Å². The zero-order valence-electron chi connectivity index (χ0n) is 10.6. The molecule has 0 saturated heterocycles. The number of carbonyl (C=O) groups excluding carboxylic acids is 2. The number of hydrogen-bond acceptors (Lipinski definition) is 4. The Morgan fingerprint density at radius 3 is 2.53 bits per heavy atom. The molecule has 0 radical (unpaired) electrons. The summed E-state index contributed by atoms with van der Waals surface area (Å²) in [5, 5.41) is 3.07. The van der Waals surface area contributed by atoms with Crippen LogP contribution in [0.5, 0.6) is 5.75 Å². The van der Waals surface area contributed by atoms with E-state index in [1.807, 2.05) is 0 Å². The molecule has 1 aromatic carbocycles. The normalized spacial score (nSPS) is 9.84. The topological polar surface area (TPSA) is 84.7 Å². The fourth-order valence-electron chi connectivity index (χ4n) is 1.34. The van der Waals surface area contributed by atoms with Gasteiger partial charge in [-0.2, -0.15) is 0 Å². The van der Waals surface area contributed by atoms with E-state index >= 15 is 0 Å². The number of rotatable bonds is 5. The van der Waals surface area contributed by atoms with Crippen LogP contribution in [0.1, 0.15) is 6.92 Å². The van der Waals surface area contributed by atoms with E-state index in [2.05, 4.69) is 5.32 Å². The standard InChI is InChI=1S/C12H16ClN3O3/c1-9(17)16(7-6-14)12(18)15-8-19-11-4-2-10(13)3-5-11/h2-5H,6-8,14H2,1H3,(H,15,18). The van der Waals surface area contributed by atoms with E-state index in [0.29, 0.717) is 10.8 Å². The summed E-state index contributed by atoms with van der Waals surface area (Å²) in [5.41, 5.74) is 5.32. The first-order valence-electron chi connectivity index (χ1n) is 5.69. The Labute approximate surface area is 116 Å². The molecule has 104 valence electrons. The van der Waals surface area contributed by atoms with E-state index in [4.69, 9.17) is 22.1 Å². The van der Waals surface area contributed by atoms with Gasteiger partial charge in [-0.3, -0.25) is 9.69 Å². The number of hydrogen-bond donors (Lipinski definition) is 2. The first-order chi connectivity index (χ1) is 9.04. The number of carbonyl (C=O) groups is 2. The van der Waals surface area contributed by atoms with Gasteiger partial charge in [-0.05, 0) is 24.3 Å². The van der Waals surface area contributed by atoms with E-state index in [-0.39, 0.29) is 25.7 Å². The Hall–Kier alpha value is -1.79. The van der Waals surface area contributed by atoms with Gasteiger partial charge in [0.1, 0.15) is 5.75 Å². The third-order valence-electron chi connectivity index (χ3n) is 2.25. The molecule has 0 spiro atoms. The second kappa shape index (κ2) is 7.60. The molecular weight excluding hydrogens is 270 g/mol. The van der Waals surface area contributed by atoms with Crippen LogP contribution in [0.15, 0.2) is 24.3 Å². The largest absolute Gasteiger partial charge is 0.473 e. The summed E-state index contributed by atoms with van der Waals surface area (Å²) in [7, 11) is 0. The lowest BCUT2D eigenvalue weighted by Gasteiger charge is -2.18. The van der Waals surface area contributed by atoms with Crippen molar-refractivity contribution in [1.82, 2.24) is 10.2 Å². The predicted octanol–water partition coefficient (Wildman–Crippen LogP) is 1.19. The van der Waals surface area contributed by atoms with Crippen molar-refractivity contribution in [3.8, 4) is 5.75 Å². The molecule has 19 heavy (non-hydrogen) atoms. The summed E-state index contributed by atoms with van der Waals surface area (Å²) in [6, 6.07) is 6.17. The maximum absolute atomic E-state index is 11.7. The van der Waals surface area contributed by atoms with E-state index in [0.717, 1.165) is 4.90 Å². The zero-order chi connectivity index (χ0) is 14.3.